The summed E-state index contributed by atoms with van der Waals surface area (Å²) in [6.07, 6.45) is 5.63. The molecule has 5 heterocycles. The first-order valence-corrected chi connectivity index (χ1v) is 8.85. The van der Waals surface area contributed by atoms with Gasteiger partial charge in [-0.05, 0) is 44.1 Å². The molecule has 0 saturated carbocycles. The van der Waals surface area contributed by atoms with Crippen molar-refractivity contribution in [2.24, 2.45) is 0 Å². The summed E-state index contributed by atoms with van der Waals surface area (Å²) < 4.78 is 5.40. The van der Waals surface area contributed by atoms with E-state index in [2.05, 4.69) is 31.2 Å². The quantitative estimate of drug-likeness (QED) is 0.787. The van der Waals surface area contributed by atoms with Crippen LogP contribution in [0.15, 0.2) is 35.1 Å². The van der Waals surface area contributed by atoms with E-state index < -0.39 is 0 Å². The van der Waals surface area contributed by atoms with Crippen LogP contribution in [0.5, 0.6) is 0 Å². The molecule has 0 radical (unpaired) electrons. The van der Waals surface area contributed by atoms with Gasteiger partial charge in [0.1, 0.15) is 12.9 Å². The molecule has 3 aliphatic rings. The highest BCUT2D eigenvalue weighted by atomic mass is 16.7. The van der Waals surface area contributed by atoms with Crippen LogP contribution in [-0.4, -0.2) is 57.4 Å². The SMILES string of the molecule is c1coc(-c2ccc3n[nH]c(CON4CCN5CCC4CC5)c3c2)n1. The summed E-state index contributed by atoms with van der Waals surface area (Å²) >= 11 is 0. The van der Waals surface area contributed by atoms with Crippen LogP contribution in [0.1, 0.15) is 18.5 Å². The first kappa shape index (κ1) is 15.1. The van der Waals surface area contributed by atoms with Crippen molar-refractivity contribution in [1.29, 1.82) is 0 Å². The Labute approximate surface area is 145 Å². The van der Waals surface area contributed by atoms with Gasteiger partial charge >= 0.3 is 0 Å². The fraction of sp³-hybridized carbons (Fsp3) is 0.444. The van der Waals surface area contributed by atoms with E-state index in [9.17, 15) is 0 Å². The van der Waals surface area contributed by atoms with Crippen LogP contribution in [0.2, 0.25) is 0 Å². The summed E-state index contributed by atoms with van der Waals surface area (Å²) in [5.74, 6) is 0.619. The van der Waals surface area contributed by atoms with Gasteiger partial charge in [0.05, 0.1) is 17.4 Å². The largest absolute Gasteiger partial charge is 0.445 e. The number of hydroxylamine groups is 2. The molecule has 0 spiro atoms. The van der Waals surface area contributed by atoms with E-state index in [1.807, 2.05) is 12.1 Å². The third kappa shape index (κ3) is 2.84. The molecule has 2 aromatic heterocycles. The molecule has 6 rings (SSSR count). The number of benzene rings is 1. The Bertz CT molecular complexity index is 852. The number of hydrogen-bond acceptors (Lipinski definition) is 6. The van der Waals surface area contributed by atoms with Crippen LogP contribution in [0.25, 0.3) is 22.4 Å². The molecule has 7 nitrogen and oxygen atoms in total. The standard InChI is InChI=1S/C18H21N5O2/c1-2-16-15(11-13(1)18-19-5-10-24-18)17(21-20-16)12-25-23-9-8-22-6-3-14(23)4-7-22/h1-2,5,10-11,14H,3-4,6-9,12H2,(H,20,21). The Morgan fingerprint density at radius 2 is 2.12 bits per heavy atom. The van der Waals surface area contributed by atoms with Gasteiger partial charge < -0.3 is 9.32 Å². The van der Waals surface area contributed by atoms with Crippen molar-refractivity contribution < 1.29 is 9.25 Å². The number of piperidine rings is 1. The number of rotatable bonds is 4. The van der Waals surface area contributed by atoms with Crippen molar-refractivity contribution >= 4 is 10.9 Å². The average molecular weight is 339 g/mol. The molecule has 3 aromatic rings. The lowest BCUT2D eigenvalue weighted by atomic mass is 10.1. The lowest BCUT2D eigenvalue weighted by molar-refractivity contribution is -0.193. The van der Waals surface area contributed by atoms with Crippen molar-refractivity contribution in [3.63, 3.8) is 0 Å². The van der Waals surface area contributed by atoms with E-state index in [0.29, 0.717) is 18.5 Å². The van der Waals surface area contributed by atoms with Crippen LogP contribution in [-0.2, 0) is 11.4 Å². The summed E-state index contributed by atoms with van der Waals surface area (Å²) in [5.41, 5.74) is 2.86. The predicted molar refractivity (Wildman–Crippen MR) is 92.5 cm³/mol. The number of aromatic amines is 1. The second-order valence-corrected chi connectivity index (χ2v) is 6.76. The second-order valence-electron chi connectivity index (χ2n) is 6.76. The number of hydrogen-bond donors (Lipinski definition) is 1. The highest BCUT2D eigenvalue weighted by molar-refractivity contribution is 5.85. The molecular weight excluding hydrogens is 318 g/mol. The highest BCUT2D eigenvalue weighted by Gasteiger charge is 2.29. The summed E-state index contributed by atoms with van der Waals surface area (Å²) in [6.45, 7) is 4.95. The van der Waals surface area contributed by atoms with E-state index in [-0.39, 0.29) is 0 Å². The van der Waals surface area contributed by atoms with Gasteiger partial charge in [-0.15, -0.1) is 0 Å². The molecule has 130 valence electrons. The van der Waals surface area contributed by atoms with Gasteiger partial charge in [0, 0.05) is 30.1 Å². The Hall–Kier alpha value is -2.22. The monoisotopic (exact) mass is 339 g/mol. The van der Waals surface area contributed by atoms with Gasteiger partial charge in [0.2, 0.25) is 5.89 Å². The van der Waals surface area contributed by atoms with Crippen LogP contribution in [0.4, 0.5) is 0 Å². The minimum absolute atomic E-state index is 0.502. The summed E-state index contributed by atoms with van der Waals surface area (Å²) in [5, 5.41) is 10.7. The Morgan fingerprint density at radius 3 is 2.96 bits per heavy atom. The molecule has 3 saturated heterocycles. The normalized spacial score (nSPS) is 24.0. The third-order valence-electron chi connectivity index (χ3n) is 5.29. The van der Waals surface area contributed by atoms with E-state index >= 15 is 0 Å². The molecule has 3 aliphatic heterocycles. The molecule has 3 fully saturated rings. The zero-order chi connectivity index (χ0) is 16.6. The second kappa shape index (κ2) is 6.25. The molecule has 0 amide bonds. The molecule has 7 heteroatoms. The molecule has 2 bridgehead atoms. The van der Waals surface area contributed by atoms with Crippen LogP contribution in [0, 0.1) is 0 Å². The first-order chi connectivity index (χ1) is 12.4. The van der Waals surface area contributed by atoms with Gasteiger partial charge in [0.15, 0.2) is 0 Å². The van der Waals surface area contributed by atoms with Crippen molar-refractivity contribution in [3.8, 4) is 11.5 Å². The third-order valence-corrected chi connectivity index (χ3v) is 5.29. The molecule has 0 atom stereocenters. The topological polar surface area (TPSA) is 70.4 Å². The fourth-order valence-corrected chi connectivity index (χ4v) is 3.84. The number of nitrogens with zero attached hydrogens (tertiary/aromatic N) is 4. The van der Waals surface area contributed by atoms with Crippen LogP contribution >= 0.6 is 0 Å². The van der Waals surface area contributed by atoms with E-state index in [0.717, 1.165) is 35.2 Å². The molecule has 0 unspecified atom stereocenters. The van der Waals surface area contributed by atoms with Gasteiger partial charge in [-0.25, -0.2) is 4.98 Å². The Balaban J connectivity index is 1.36. The smallest absolute Gasteiger partial charge is 0.225 e. The number of nitrogens with one attached hydrogen (secondary N) is 1. The van der Waals surface area contributed by atoms with Crippen LogP contribution < -0.4 is 0 Å². The van der Waals surface area contributed by atoms with Gasteiger partial charge in [0.25, 0.3) is 0 Å². The predicted octanol–water partition coefficient (Wildman–Crippen LogP) is 2.43. The maximum absolute atomic E-state index is 6.17. The minimum Gasteiger partial charge on any atom is -0.445 e. The Kier molecular flexibility index (Phi) is 3.77. The van der Waals surface area contributed by atoms with Crippen molar-refractivity contribution in [3.05, 3.63) is 36.4 Å². The summed E-state index contributed by atoms with van der Waals surface area (Å²) in [4.78, 5) is 12.9. The summed E-state index contributed by atoms with van der Waals surface area (Å²) in [7, 11) is 0. The maximum Gasteiger partial charge on any atom is 0.225 e. The zero-order valence-electron chi connectivity index (χ0n) is 14.0. The number of aromatic nitrogens is 3. The lowest BCUT2D eigenvalue weighted by Gasteiger charge is -2.30. The fourth-order valence-electron chi connectivity index (χ4n) is 3.84. The van der Waals surface area contributed by atoms with Crippen LogP contribution in [0.3, 0.4) is 0 Å². The van der Waals surface area contributed by atoms with Crippen molar-refractivity contribution in [2.75, 3.05) is 26.2 Å². The average Bonchev–Trinajstić information content (AvgIpc) is 3.24. The molecular formula is C18H21N5O2. The highest BCUT2D eigenvalue weighted by Crippen LogP contribution is 2.26. The van der Waals surface area contributed by atoms with Crippen molar-refractivity contribution in [1.82, 2.24) is 25.1 Å². The maximum atomic E-state index is 6.17. The number of oxazole rings is 1. The van der Waals surface area contributed by atoms with Crippen molar-refractivity contribution in [2.45, 2.75) is 25.5 Å². The van der Waals surface area contributed by atoms with E-state index in [1.165, 1.54) is 25.9 Å². The number of fused-ring (bicyclic) bond motifs is 5. The molecule has 0 aliphatic carbocycles. The van der Waals surface area contributed by atoms with Gasteiger partial charge in [-0.1, -0.05) is 0 Å². The zero-order valence-corrected chi connectivity index (χ0v) is 14.0. The van der Waals surface area contributed by atoms with E-state index in [4.69, 9.17) is 9.25 Å². The Morgan fingerprint density at radius 1 is 1.20 bits per heavy atom. The molecule has 1 aromatic carbocycles. The van der Waals surface area contributed by atoms with Gasteiger partial charge in [-0.3, -0.25) is 9.94 Å². The minimum atomic E-state index is 0.502. The van der Waals surface area contributed by atoms with Gasteiger partial charge in [-0.2, -0.15) is 10.2 Å². The summed E-state index contributed by atoms with van der Waals surface area (Å²) in [6, 6.07) is 6.55. The molecule has 1 N–H and O–H groups in total. The van der Waals surface area contributed by atoms with E-state index in [1.54, 1.807) is 12.5 Å². The lowest BCUT2D eigenvalue weighted by Crippen LogP contribution is -2.37. The first-order valence-electron chi connectivity index (χ1n) is 8.85. The number of H-pyrrole nitrogens is 1. The molecule has 25 heavy (non-hydrogen) atoms.